The SMILES string of the molecule is O=C(Cl)C1CCC2c3ccccc3C([N+](=O)[O-])(C1)c1ccccc12. The highest BCUT2D eigenvalue weighted by atomic mass is 35.5. The van der Waals surface area contributed by atoms with Gasteiger partial charge in [0.1, 0.15) is 0 Å². The van der Waals surface area contributed by atoms with Crippen LogP contribution >= 0.6 is 11.6 Å². The van der Waals surface area contributed by atoms with Gasteiger partial charge in [-0.1, -0.05) is 48.5 Å². The Balaban J connectivity index is 2.08. The molecule has 3 aliphatic rings. The van der Waals surface area contributed by atoms with Crippen LogP contribution in [0.25, 0.3) is 0 Å². The zero-order valence-electron chi connectivity index (χ0n) is 12.9. The van der Waals surface area contributed by atoms with E-state index in [2.05, 4.69) is 0 Å². The summed E-state index contributed by atoms with van der Waals surface area (Å²) in [5.74, 6) is -0.425. The maximum atomic E-state index is 12.3. The molecule has 0 fully saturated rings. The van der Waals surface area contributed by atoms with Gasteiger partial charge in [0.25, 0.3) is 5.54 Å². The molecule has 4 nitrogen and oxygen atoms in total. The number of hydrogen-bond donors (Lipinski definition) is 0. The number of rotatable bonds is 2. The summed E-state index contributed by atoms with van der Waals surface area (Å²) in [6, 6.07) is 15.2. The maximum Gasteiger partial charge on any atom is 0.273 e. The number of hydrogen-bond acceptors (Lipinski definition) is 3. The molecule has 0 N–H and O–H groups in total. The van der Waals surface area contributed by atoms with Crippen molar-refractivity contribution in [2.24, 2.45) is 5.92 Å². The lowest BCUT2D eigenvalue weighted by molar-refractivity contribution is -0.569. The van der Waals surface area contributed by atoms with Crippen LogP contribution in [0.2, 0.25) is 0 Å². The molecule has 5 rings (SSSR count). The summed E-state index contributed by atoms with van der Waals surface area (Å²) in [6.07, 6.45) is 1.46. The number of benzene rings is 2. The number of fused-ring (bicyclic) bond motifs is 3. The van der Waals surface area contributed by atoms with Gasteiger partial charge in [-0.3, -0.25) is 14.9 Å². The molecule has 2 aromatic rings. The van der Waals surface area contributed by atoms with E-state index in [1.807, 2.05) is 48.5 Å². The summed E-state index contributed by atoms with van der Waals surface area (Å²) in [7, 11) is 0. The average molecular weight is 342 g/mol. The standard InChI is InChI=1S/C19H16ClNO3/c20-18(22)12-9-10-13-14-5-1-3-7-16(14)19(11-12,21(23)24)17-8-4-2-6-15(13)17/h1-8,12-13H,9-11H2. The van der Waals surface area contributed by atoms with Gasteiger partial charge >= 0.3 is 0 Å². The van der Waals surface area contributed by atoms with Crippen LogP contribution in [-0.4, -0.2) is 10.2 Å². The van der Waals surface area contributed by atoms with E-state index in [-0.39, 0.29) is 17.3 Å². The van der Waals surface area contributed by atoms with Crippen molar-refractivity contribution in [3.8, 4) is 0 Å². The molecule has 0 saturated heterocycles. The number of halogens is 1. The van der Waals surface area contributed by atoms with Gasteiger partial charge in [0.15, 0.2) is 0 Å². The highest BCUT2D eigenvalue weighted by molar-refractivity contribution is 6.64. The number of nitrogens with zero attached hydrogens (tertiary/aromatic N) is 1. The topological polar surface area (TPSA) is 60.2 Å². The van der Waals surface area contributed by atoms with Crippen LogP contribution in [0.1, 0.15) is 47.4 Å². The molecule has 2 bridgehead atoms. The molecular formula is C19H16ClNO3. The maximum absolute atomic E-state index is 12.3. The van der Waals surface area contributed by atoms with Gasteiger partial charge in [0.05, 0.1) is 0 Å². The van der Waals surface area contributed by atoms with Crippen LogP contribution < -0.4 is 0 Å². The highest BCUT2D eigenvalue weighted by Crippen LogP contribution is 2.54. The first-order valence-electron chi connectivity index (χ1n) is 8.08. The Morgan fingerprint density at radius 2 is 1.58 bits per heavy atom. The molecule has 0 saturated carbocycles. The van der Waals surface area contributed by atoms with Crippen LogP contribution in [0.5, 0.6) is 0 Å². The van der Waals surface area contributed by atoms with Gasteiger partial charge in [0, 0.05) is 34.3 Å². The molecule has 3 aliphatic carbocycles. The Morgan fingerprint density at radius 3 is 2.08 bits per heavy atom. The molecule has 5 heteroatoms. The van der Waals surface area contributed by atoms with Crippen LogP contribution in [-0.2, 0) is 10.3 Å². The zero-order chi connectivity index (χ0) is 16.9. The third kappa shape index (κ3) is 1.96. The zero-order valence-corrected chi connectivity index (χ0v) is 13.7. The van der Waals surface area contributed by atoms with Gasteiger partial charge in [0.2, 0.25) is 5.24 Å². The first-order chi connectivity index (χ1) is 11.6. The predicted molar refractivity (Wildman–Crippen MR) is 90.7 cm³/mol. The first kappa shape index (κ1) is 15.3. The lowest BCUT2D eigenvalue weighted by atomic mass is 9.62. The third-order valence-corrected chi connectivity index (χ3v) is 5.85. The van der Waals surface area contributed by atoms with Crippen molar-refractivity contribution in [1.82, 2.24) is 0 Å². The quantitative estimate of drug-likeness (QED) is 0.467. The van der Waals surface area contributed by atoms with E-state index in [1.54, 1.807) is 0 Å². The van der Waals surface area contributed by atoms with E-state index in [0.717, 1.165) is 17.5 Å². The molecule has 1 atom stereocenters. The van der Waals surface area contributed by atoms with Gasteiger partial charge in [-0.05, 0) is 35.6 Å². The summed E-state index contributed by atoms with van der Waals surface area (Å²) < 4.78 is 0. The molecule has 1 unspecified atom stereocenters. The Labute approximate surface area is 144 Å². The second-order valence-electron chi connectivity index (χ2n) is 6.63. The minimum absolute atomic E-state index is 0.0734. The van der Waals surface area contributed by atoms with Crippen molar-refractivity contribution in [3.05, 3.63) is 80.9 Å². The second kappa shape index (κ2) is 5.42. The number of carbonyl (C=O) groups excluding carboxylic acids is 1. The Morgan fingerprint density at radius 1 is 1.04 bits per heavy atom. The largest absolute Gasteiger partial charge is 0.281 e. The summed E-state index contributed by atoms with van der Waals surface area (Å²) in [5, 5.41) is 11.9. The van der Waals surface area contributed by atoms with Crippen molar-refractivity contribution in [2.75, 3.05) is 0 Å². The molecule has 0 heterocycles. The summed E-state index contributed by atoms with van der Waals surface area (Å²) in [6.45, 7) is 0. The fourth-order valence-corrected chi connectivity index (χ4v) is 4.68. The molecular weight excluding hydrogens is 326 g/mol. The van der Waals surface area contributed by atoms with Crippen molar-refractivity contribution in [2.45, 2.75) is 30.7 Å². The molecule has 0 radical (unpaired) electrons. The lowest BCUT2D eigenvalue weighted by Crippen LogP contribution is -2.45. The summed E-state index contributed by atoms with van der Waals surface area (Å²) in [4.78, 5) is 24.0. The van der Waals surface area contributed by atoms with E-state index < -0.39 is 16.7 Å². The van der Waals surface area contributed by atoms with Gasteiger partial charge in [-0.2, -0.15) is 0 Å². The van der Waals surface area contributed by atoms with E-state index >= 15 is 0 Å². The van der Waals surface area contributed by atoms with Crippen molar-refractivity contribution >= 4 is 16.8 Å². The normalized spacial score (nSPS) is 27.5. The van der Waals surface area contributed by atoms with Gasteiger partial charge in [-0.15, -0.1) is 0 Å². The minimum Gasteiger partial charge on any atom is -0.281 e. The van der Waals surface area contributed by atoms with Gasteiger partial charge < -0.3 is 0 Å². The number of carbonyl (C=O) groups is 1. The van der Waals surface area contributed by atoms with E-state index in [4.69, 9.17) is 11.6 Å². The van der Waals surface area contributed by atoms with Crippen molar-refractivity contribution in [1.29, 1.82) is 0 Å². The smallest absolute Gasteiger partial charge is 0.273 e. The summed E-state index contributed by atoms with van der Waals surface area (Å²) in [5.41, 5.74) is 2.03. The molecule has 0 aromatic heterocycles. The van der Waals surface area contributed by atoms with Crippen LogP contribution in [0.15, 0.2) is 48.5 Å². The molecule has 24 heavy (non-hydrogen) atoms. The monoisotopic (exact) mass is 341 g/mol. The van der Waals surface area contributed by atoms with E-state index in [0.29, 0.717) is 17.5 Å². The van der Waals surface area contributed by atoms with Crippen LogP contribution in [0.4, 0.5) is 0 Å². The molecule has 0 amide bonds. The lowest BCUT2D eigenvalue weighted by Gasteiger charge is -2.41. The molecule has 122 valence electrons. The molecule has 0 spiro atoms. The molecule has 0 aliphatic heterocycles. The van der Waals surface area contributed by atoms with Crippen molar-refractivity contribution in [3.63, 3.8) is 0 Å². The van der Waals surface area contributed by atoms with Crippen LogP contribution in [0, 0.1) is 16.0 Å². The Bertz CT molecular complexity index is 801. The second-order valence-corrected chi connectivity index (χ2v) is 7.00. The highest BCUT2D eigenvalue weighted by Gasteiger charge is 2.56. The predicted octanol–water partition coefficient (Wildman–Crippen LogP) is 4.22. The Hall–Kier alpha value is -2.20. The average Bonchev–Trinajstić information content (AvgIpc) is 2.55. The Kier molecular flexibility index (Phi) is 3.46. The number of nitro groups is 1. The van der Waals surface area contributed by atoms with E-state index in [9.17, 15) is 14.9 Å². The first-order valence-corrected chi connectivity index (χ1v) is 8.46. The third-order valence-electron chi connectivity index (χ3n) is 5.54. The molecule has 2 aromatic carbocycles. The minimum atomic E-state index is -1.40. The van der Waals surface area contributed by atoms with Gasteiger partial charge in [-0.25, -0.2) is 0 Å². The van der Waals surface area contributed by atoms with Crippen molar-refractivity contribution < 1.29 is 9.72 Å². The van der Waals surface area contributed by atoms with E-state index in [1.165, 1.54) is 0 Å². The fourth-order valence-electron chi connectivity index (χ4n) is 4.49. The fraction of sp³-hybridized carbons (Fsp3) is 0.316. The summed E-state index contributed by atoms with van der Waals surface area (Å²) >= 11 is 5.78. The van der Waals surface area contributed by atoms with Crippen LogP contribution in [0.3, 0.4) is 0 Å².